The molecule has 2 aliphatic heterocycles. The van der Waals surface area contributed by atoms with Crippen molar-refractivity contribution < 1.29 is 14.3 Å². The zero-order valence-electron chi connectivity index (χ0n) is 15.6. The van der Waals surface area contributed by atoms with E-state index in [9.17, 15) is 9.59 Å². The summed E-state index contributed by atoms with van der Waals surface area (Å²) in [4.78, 5) is 37.7. The van der Waals surface area contributed by atoms with E-state index in [4.69, 9.17) is 9.72 Å². The van der Waals surface area contributed by atoms with Crippen LogP contribution in [0.5, 0.6) is 0 Å². The number of aromatic nitrogens is 2. The highest BCUT2D eigenvalue weighted by molar-refractivity contribution is 5.96. The second-order valence-electron chi connectivity index (χ2n) is 6.86. The van der Waals surface area contributed by atoms with E-state index in [0.29, 0.717) is 37.8 Å². The Morgan fingerprint density at radius 1 is 1.11 bits per heavy atom. The highest BCUT2D eigenvalue weighted by atomic mass is 16.5. The molecule has 0 saturated carbocycles. The highest BCUT2D eigenvalue weighted by Crippen LogP contribution is 2.19. The largest absolute Gasteiger partial charge is 0.378 e. The van der Waals surface area contributed by atoms with Crippen molar-refractivity contribution in [3.8, 4) is 0 Å². The monoisotopic (exact) mass is 381 g/mol. The Hall–Kier alpha value is -3.00. The fraction of sp³-hybridized carbons (Fsp3) is 0.400. The summed E-state index contributed by atoms with van der Waals surface area (Å²) in [6.07, 6.45) is 2.59. The second kappa shape index (κ2) is 8.35. The molecule has 2 aromatic rings. The minimum atomic E-state index is -0.247. The first-order valence-electron chi connectivity index (χ1n) is 9.49. The van der Waals surface area contributed by atoms with Gasteiger partial charge in [0.2, 0.25) is 11.9 Å². The molecule has 1 N–H and O–H groups in total. The third kappa shape index (κ3) is 4.12. The van der Waals surface area contributed by atoms with Gasteiger partial charge in [-0.15, -0.1) is 0 Å². The lowest BCUT2D eigenvalue weighted by atomic mass is 10.1. The van der Waals surface area contributed by atoms with E-state index in [0.717, 1.165) is 30.8 Å². The molecule has 2 aliphatic rings. The normalized spacial score (nSPS) is 16.4. The number of rotatable bonds is 4. The summed E-state index contributed by atoms with van der Waals surface area (Å²) in [5.41, 5.74) is 2.50. The van der Waals surface area contributed by atoms with Crippen molar-refractivity contribution in [1.29, 1.82) is 0 Å². The van der Waals surface area contributed by atoms with Crippen molar-refractivity contribution in [2.24, 2.45) is 0 Å². The highest BCUT2D eigenvalue weighted by Gasteiger charge is 2.24. The lowest BCUT2D eigenvalue weighted by Crippen LogP contribution is -2.43. The van der Waals surface area contributed by atoms with Gasteiger partial charge in [-0.2, -0.15) is 0 Å². The van der Waals surface area contributed by atoms with Gasteiger partial charge in [0.05, 0.1) is 32.0 Å². The van der Waals surface area contributed by atoms with E-state index in [2.05, 4.69) is 15.2 Å². The number of carbonyl (C=O) groups is 2. The van der Waals surface area contributed by atoms with E-state index >= 15 is 0 Å². The standard InChI is InChI=1S/C20H23N5O3/c26-18(13-21-19(27)15-4-2-1-3-5-15)25-7-6-16-12-22-20(23-17(16)14-25)24-8-10-28-11-9-24/h1-5,12H,6-11,13-14H2,(H,21,27). The maximum atomic E-state index is 12.6. The number of carbonyl (C=O) groups excluding carboxylic acids is 2. The predicted molar refractivity (Wildman–Crippen MR) is 103 cm³/mol. The van der Waals surface area contributed by atoms with E-state index in [-0.39, 0.29) is 18.4 Å². The molecule has 0 unspecified atom stereocenters. The van der Waals surface area contributed by atoms with Crippen LogP contribution >= 0.6 is 0 Å². The number of fused-ring (bicyclic) bond motifs is 1. The summed E-state index contributed by atoms with van der Waals surface area (Å²) >= 11 is 0. The summed E-state index contributed by atoms with van der Waals surface area (Å²) in [7, 11) is 0. The molecule has 1 fully saturated rings. The summed E-state index contributed by atoms with van der Waals surface area (Å²) in [5.74, 6) is 0.332. The Bertz CT molecular complexity index is 852. The molecule has 1 saturated heterocycles. The molecular formula is C20H23N5O3. The SMILES string of the molecule is O=C(NCC(=O)N1CCc2cnc(N3CCOCC3)nc2C1)c1ccccc1. The fourth-order valence-electron chi connectivity index (χ4n) is 3.38. The van der Waals surface area contributed by atoms with Crippen molar-refractivity contribution in [3.63, 3.8) is 0 Å². The van der Waals surface area contributed by atoms with Gasteiger partial charge in [0.15, 0.2) is 0 Å². The summed E-state index contributed by atoms with van der Waals surface area (Å²) in [6.45, 7) is 3.91. The van der Waals surface area contributed by atoms with Crippen LogP contribution < -0.4 is 10.2 Å². The molecule has 0 aliphatic carbocycles. The number of morpholine rings is 1. The molecule has 1 aromatic carbocycles. The van der Waals surface area contributed by atoms with E-state index in [1.165, 1.54) is 0 Å². The molecular weight excluding hydrogens is 358 g/mol. The topological polar surface area (TPSA) is 87.7 Å². The predicted octanol–water partition coefficient (Wildman–Crippen LogP) is 0.628. The molecule has 8 heteroatoms. The molecule has 146 valence electrons. The van der Waals surface area contributed by atoms with Crippen LogP contribution in [-0.4, -0.2) is 66.1 Å². The lowest BCUT2D eigenvalue weighted by Gasteiger charge is -2.30. The zero-order chi connectivity index (χ0) is 19.3. The molecule has 0 bridgehead atoms. The number of hydrogen-bond acceptors (Lipinski definition) is 6. The molecule has 1 aromatic heterocycles. The van der Waals surface area contributed by atoms with Crippen LogP contribution in [0.15, 0.2) is 36.5 Å². The number of hydrogen-bond donors (Lipinski definition) is 1. The van der Waals surface area contributed by atoms with E-state index < -0.39 is 0 Å². The second-order valence-corrected chi connectivity index (χ2v) is 6.86. The molecule has 4 rings (SSSR count). The van der Waals surface area contributed by atoms with Gasteiger partial charge in [0.25, 0.3) is 5.91 Å². The Balaban J connectivity index is 1.37. The van der Waals surface area contributed by atoms with Crippen molar-refractivity contribution in [1.82, 2.24) is 20.2 Å². The van der Waals surface area contributed by atoms with Crippen LogP contribution in [0.25, 0.3) is 0 Å². The van der Waals surface area contributed by atoms with Gasteiger partial charge in [-0.05, 0) is 24.1 Å². The maximum absolute atomic E-state index is 12.6. The molecule has 2 amide bonds. The number of nitrogens with one attached hydrogen (secondary N) is 1. The lowest BCUT2D eigenvalue weighted by molar-refractivity contribution is -0.131. The van der Waals surface area contributed by atoms with Gasteiger partial charge < -0.3 is 19.9 Å². The Kier molecular flexibility index (Phi) is 5.48. The molecule has 0 atom stereocenters. The van der Waals surface area contributed by atoms with Gasteiger partial charge in [-0.3, -0.25) is 9.59 Å². The molecule has 0 radical (unpaired) electrons. The van der Waals surface area contributed by atoms with Crippen molar-refractivity contribution in [3.05, 3.63) is 53.3 Å². The number of nitrogens with zero attached hydrogens (tertiary/aromatic N) is 4. The fourth-order valence-corrected chi connectivity index (χ4v) is 3.38. The quantitative estimate of drug-likeness (QED) is 0.836. The van der Waals surface area contributed by atoms with Crippen molar-refractivity contribution >= 4 is 17.8 Å². The van der Waals surface area contributed by atoms with Gasteiger partial charge >= 0.3 is 0 Å². The van der Waals surface area contributed by atoms with Crippen LogP contribution in [0.2, 0.25) is 0 Å². The molecule has 3 heterocycles. The minimum Gasteiger partial charge on any atom is -0.378 e. The van der Waals surface area contributed by atoms with Crippen LogP contribution in [-0.2, 0) is 22.5 Å². The van der Waals surface area contributed by atoms with Gasteiger partial charge in [0.1, 0.15) is 0 Å². The van der Waals surface area contributed by atoms with Crippen LogP contribution in [0.3, 0.4) is 0 Å². The first kappa shape index (κ1) is 18.4. The average Bonchev–Trinajstić information content (AvgIpc) is 2.77. The smallest absolute Gasteiger partial charge is 0.251 e. The number of benzene rings is 1. The van der Waals surface area contributed by atoms with Crippen LogP contribution in [0.1, 0.15) is 21.6 Å². The van der Waals surface area contributed by atoms with Crippen molar-refractivity contribution in [2.45, 2.75) is 13.0 Å². The third-order valence-corrected chi connectivity index (χ3v) is 5.02. The average molecular weight is 381 g/mol. The summed E-state index contributed by atoms with van der Waals surface area (Å²) in [6, 6.07) is 8.89. The first-order valence-corrected chi connectivity index (χ1v) is 9.49. The van der Waals surface area contributed by atoms with Crippen LogP contribution in [0.4, 0.5) is 5.95 Å². The molecule has 28 heavy (non-hydrogen) atoms. The van der Waals surface area contributed by atoms with Crippen LogP contribution in [0, 0.1) is 0 Å². The molecule has 8 nitrogen and oxygen atoms in total. The van der Waals surface area contributed by atoms with Crippen molar-refractivity contribution in [2.75, 3.05) is 44.3 Å². The van der Waals surface area contributed by atoms with E-state index in [1.54, 1.807) is 29.2 Å². The first-order chi connectivity index (χ1) is 13.7. The number of anilines is 1. The van der Waals surface area contributed by atoms with Gasteiger partial charge in [0, 0.05) is 31.4 Å². The maximum Gasteiger partial charge on any atom is 0.251 e. The number of amides is 2. The minimum absolute atomic E-state index is 0.0233. The summed E-state index contributed by atoms with van der Waals surface area (Å²) < 4.78 is 5.38. The zero-order valence-corrected chi connectivity index (χ0v) is 15.6. The number of ether oxygens (including phenoxy) is 1. The Morgan fingerprint density at radius 2 is 1.89 bits per heavy atom. The third-order valence-electron chi connectivity index (χ3n) is 5.02. The van der Waals surface area contributed by atoms with Gasteiger partial charge in [-0.25, -0.2) is 9.97 Å². The van der Waals surface area contributed by atoms with E-state index in [1.807, 2.05) is 12.3 Å². The Morgan fingerprint density at radius 3 is 2.68 bits per heavy atom. The Labute approximate surface area is 163 Å². The molecule has 0 spiro atoms. The summed E-state index contributed by atoms with van der Waals surface area (Å²) in [5, 5.41) is 2.70. The van der Waals surface area contributed by atoms with Gasteiger partial charge in [-0.1, -0.05) is 18.2 Å².